The van der Waals surface area contributed by atoms with Crippen molar-refractivity contribution in [2.45, 2.75) is 13.0 Å². The first-order chi connectivity index (χ1) is 10.2. The molecule has 0 fully saturated rings. The van der Waals surface area contributed by atoms with Gasteiger partial charge in [-0.2, -0.15) is 5.10 Å². The van der Waals surface area contributed by atoms with Crippen LogP contribution in [0.2, 0.25) is 0 Å². The van der Waals surface area contributed by atoms with Gasteiger partial charge in [-0.1, -0.05) is 12.1 Å². The van der Waals surface area contributed by atoms with Crippen molar-refractivity contribution >= 4 is 16.6 Å². The van der Waals surface area contributed by atoms with Gasteiger partial charge in [0.15, 0.2) is 11.5 Å². The van der Waals surface area contributed by atoms with Crippen molar-refractivity contribution in [3.63, 3.8) is 0 Å². The van der Waals surface area contributed by atoms with Gasteiger partial charge in [-0.25, -0.2) is 0 Å². The third-order valence-electron chi connectivity index (χ3n) is 3.56. The lowest BCUT2D eigenvalue weighted by Gasteiger charge is -2.17. The number of ether oxygens (including phenoxy) is 1. The van der Waals surface area contributed by atoms with Crippen molar-refractivity contribution in [3.05, 3.63) is 48.2 Å². The average molecular weight is 283 g/mol. The highest BCUT2D eigenvalue weighted by atomic mass is 16.5. The van der Waals surface area contributed by atoms with Gasteiger partial charge < -0.3 is 15.2 Å². The Morgan fingerprint density at radius 1 is 1.29 bits per heavy atom. The van der Waals surface area contributed by atoms with Gasteiger partial charge in [0.25, 0.3) is 0 Å². The summed E-state index contributed by atoms with van der Waals surface area (Å²) >= 11 is 0. The topological polar surface area (TPSA) is 70.2 Å². The van der Waals surface area contributed by atoms with Crippen molar-refractivity contribution in [2.75, 3.05) is 12.4 Å². The van der Waals surface area contributed by atoms with Gasteiger partial charge in [0.05, 0.1) is 18.8 Å². The van der Waals surface area contributed by atoms with E-state index in [2.05, 4.69) is 22.4 Å². The van der Waals surface area contributed by atoms with Crippen LogP contribution < -0.4 is 10.1 Å². The van der Waals surface area contributed by atoms with Crippen molar-refractivity contribution in [1.29, 1.82) is 0 Å². The molecule has 0 spiro atoms. The lowest BCUT2D eigenvalue weighted by Crippen LogP contribution is -2.07. The van der Waals surface area contributed by atoms with Crippen LogP contribution in [-0.2, 0) is 0 Å². The minimum Gasteiger partial charge on any atom is -0.504 e. The smallest absolute Gasteiger partial charge is 0.160 e. The van der Waals surface area contributed by atoms with Crippen LogP contribution in [-0.4, -0.2) is 22.4 Å². The normalized spacial score (nSPS) is 12.3. The molecule has 3 rings (SSSR count). The second-order valence-corrected chi connectivity index (χ2v) is 4.93. The molecule has 3 N–H and O–H groups in total. The van der Waals surface area contributed by atoms with Crippen LogP contribution in [0.4, 0.5) is 5.69 Å². The first kappa shape index (κ1) is 13.3. The Hall–Kier alpha value is -2.69. The number of phenols is 1. The number of nitrogens with one attached hydrogen (secondary N) is 2. The Bertz CT molecular complexity index is 767. The van der Waals surface area contributed by atoms with Crippen molar-refractivity contribution in [1.82, 2.24) is 10.2 Å². The lowest BCUT2D eigenvalue weighted by atomic mass is 10.1. The zero-order chi connectivity index (χ0) is 14.8. The number of hydrogen-bond donors (Lipinski definition) is 3. The number of rotatable bonds is 4. The van der Waals surface area contributed by atoms with E-state index in [1.54, 1.807) is 13.2 Å². The fraction of sp³-hybridized carbons (Fsp3) is 0.188. The van der Waals surface area contributed by atoms with Gasteiger partial charge in [-0.3, -0.25) is 5.10 Å². The van der Waals surface area contributed by atoms with E-state index in [1.807, 2.05) is 36.5 Å². The number of methoxy groups -OCH3 is 1. The minimum atomic E-state index is 0.0694. The first-order valence-corrected chi connectivity index (χ1v) is 6.74. The standard InChI is InChI=1S/C16H17N3O2/c1-10(11-6-7-15(20)16(8-11)21-2)18-13-4-3-5-14-12(13)9-17-19-14/h3-10,18,20H,1-2H3,(H,17,19). The molecule has 0 aliphatic rings. The van der Waals surface area contributed by atoms with Crippen LogP contribution in [0, 0.1) is 0 Å². The number of anilines is 1. The summed E-state index contributed by atoms with van der Waals surface area (Å²) in [6.45, 7) is 2.06. The van der Waals surface area contributed by atoms with E-state index in [9.17, 15) is 5.11 Å². The van der Waals surface area contributed by atoms with Crippen molar-refractivity contribution < 1.29 is 9.84 Å². The number of aromatic amines is 1. The molecule has 0 aliphatic heterocycles. The molecule has 0 bridgehead atoms. The molecule has 0 aliphatic carbocycles. The number of aromatic nitrogens is 2. The molecule has 108 valence electrons. The summed E-state index contributed by atoms with van der Waals surface area (Å²) in [7, 11) is 1.54. The highest BCUT2D eigenvalue weighted by Gasteiger charge is 2.11. The van der Waals surface area contributed by atoms with E-state index >= 15 is 0 Å². The highest BCUT2D eigenvalue weighted by molar-refractivity contribution is 5.91. The molecular formula is C16H17N3O2. The lowest BCUT2D eigenvalue weighted by molar-refractivity contribution is 0.373. The van der Waals surface area contributed by atoms with Crippen LogP contribution in [0.3, 0.4) is 0 Å². The van der Waals surface area contributed by atoms with Crippen LogP contribution in [0.5, 0.6) is 11.5 Å². The van der Waals surface area contributed by atoms with E-state index in [0.29, 0.717) is 5.75 Å². The zero-order valence-electron chi connectivity index (χ0n) is 11.9. The molecule has 3 aromatic rings. The van der Waals surface area contributed by atoms with Crippen molar-refractivity contribution in [3.8, 4) is 11.5 Å². The predicted molar refractivity (Wildman–Crippen MR) is 82.8 cm³/mol. The molecule has 0 amide bonds. The Morgan fingerprint density at radius 3 is 2.95 bits per heavy atom. The Kier molecular flexibility index (Phi) is 3.39. The van der Waals surface area contributed by atoms with E-state index in [4.69, 9.17) is 4.74 Å². The molecule has 0 radical (unpaired) electrons. The van der Waals surface area contributed by atoms with Gasteiger partial charge in [-0.15, -0.1) is 0 Å². The summed E-state index contributed by atoms with van der Waals surface area (Å²) in [5.41, 5.74) is 3.04. The van der Waals surface area contributed by atoms with Gasteiger partial charge in [-0.05, 0) is 36.8 Å². The van der Waals surface area contributed by atoms with E-state index in [0.717, 1.165) is 22.2 Å². The highest BCUT2D eigenvalue weighted by Crippen LogP contribution is 2.31. The van der Waals surface area contributed by atoms with Crippen LogP contribution in [0.1, 0.15) is 18.5 Å². The molecule has 1 aromatic heterocycles. The minimum absolute atomic E-state index is 0.0694. The summed E-state index contributed by atoms with van der Waals surface area (Å²) in [5, 5.41) is 21.2. The summed E-state index contributed by atoms with van der Waals surface area (Å²) < 4.78 is 5.15. The number of hydrogen-bond acceptors (Lipinski definition) is 4. The summed E-state index contributed by atoms with van der Waals surface area (Å²) in [6, 6.07) is 11.4. The van der Waals surface area contributed by atoms with Gasteiger partial charge in [0.1, 0.15) is 0 Å². The predicted octanol–water partition coefficient (Wildman–Crippen LogP) is 3.45. The zero-order valence-corrected chi connectivity index (χ0v) is 11.9. The monoisotopic (exact) mass is 283 g/mol. The number of fused-ring (bicyclic) bond motifs is 1. The number of H-pyrrole nitrogens is 1. The molecule has 5 nitrogen and oxygen atoms in total. The Morgan fingerprint density at radius 2 is 2.14 bits per heavy atom. The molecule has 21 heavy (non-hydrogen) atoms. The van der Waals surface area contributed by atoms with Gasteiger partial charge in [0.2, 0.25) is 0 Å². The molecule has 0 saturated carbocycles. The quantitative estimate of drug-likeness (QED) is 0.686. The third-order valence-corrected chi connectivity index (χ3v) is 3.56. The summed E-state index contributed by atoms with van der Waals surface area (Å²) in [6.07, 6.45) is 1.81. The Labute approximate surface area is 122 Å². The first-order valence-electron chi connectivity index (χ1n) is 6.74. The van der Waals surface area contributed by atoms with Gasteiger partial charge >= 0.3 is 0 Å². The van der Waals surface area contributed by atoms with E-state index < -0.39 is 0 Å². The maximum absolute atomic E-state index is 9.66. The number of phenolic OH excluding ortho intramolecular Hbond substituents is 1. The summed E-state index contributed by atoms with van der Waals surface area (Å²) in [4.78, 5) is 0. The molecule has 1 heterocycles. The maximum atomic E-state index is 9.66. The number of benzene rings is 2. The molecule has 1 atom stereocenters. The van der Waals surface area contributed by atoms with Crippen molar-refractivity contribution in [2.24, 2.45) is 0 Å². The van der Waals surface area contributed by atoms with Crippen LogP contribution in [0.15, 0.2) is 42.6 Å². The number of nitrogens with zero attached hydrogens (tertiary/aromatic N) is 1. The second-order valence-electron chi connectivity index (χ2n) is 4.93. The molecule has 2 aromatic carbocycles. The fourth-order valence-corrected chi connectivity index (χ4v) is 2.37. The van der Waals surface area contributed by atoms with Crippen LogP contribution in [0.25, 0.3) is 10.9 Å². The molecule has 1 unspecified atom stereocenters. The average Bonchev–Trinajstić information content (AvgIpc) is 2.97. The molecule has 0 saturated heterocycles. The van der Waals surface area contributed by atoms with E-state index in [-0.39, 0.29) is 11.8 Å². The molecular weight excluding hydrogens is 266 g/mol. The third kappa shape index (κ3) is 2.50. The fourth-order valence-electron chi connectivity index (χ4n) is 2.37. The largest absolute Gasteiger partial charge is 0.504 e. The Balaban J connectivity index is 1.89. The second kappa shape index (κ2) is 5.36. The maximum Gasteiger partial charge on any atom is 0.160 e. The number of aromatic hydroxyl groups is 1. The SMILES string of the molecule is COc1cc(C(C)Nc2cccc3[nH]ncc23)ccc1O. The van der Waals surface area contributed by atoms with Crippen LogP contribution >= 0.6 is 0 Å². The van der Waals surface area contributed by atoms with Gasteiger partial charge in [0, 0.05) is 17.1 Å². The molecule has 5 heteroatoms. The van der Waals surface area contributed by atoms with E-state index in [1.165, 1.54) is 0 Å². The summed E-state index contributed by atoms with van der Waals surface area (Å²) in [5.74, 6) is 0.619.